The predicted octanol–water partition coefficient (Wildman–Crippen LogP) is 6.16. The maximum Gasteiger partial charge on any atom is 0.126 e. The van der Waals surface area contributed by atoms with Gasteiger partial charge in [-0.2, -0.15) is 0 Å². The lowest BCUT2D eigenvalue weighted by atomic mass is 9.94. The van der Waals surface area contributed by atoms with Crippen molar-refractivity contribution in [1.82, 2.24) is 4.98 Å². The van der Waals surface area contributed by atoms with E-state index in [1.54, 1.807) is 14.2 Å². The third kappa shape index (κ3) is 2.28. The van der Waals surface area contributed by atoms with Gasteiger partial charge in [-0.15, -0.1) is 0 Å². The molecule has 4 aromatic carbocycles. The van der Waals surface area contributed by atoms with Gasteiger partial charge in [0, 0.05) is 32.8 Å². The minimum atomic E-state index is 0.854. The largest absolute Gasteiger partial charge is 0.496 e. The zero-order valence-electron chi connectivity index (χ0n) is 15.2. The molecular weight excluding hydrogens is 334 g/mol. The lowest BCUT2D eigenvalue weighted by Crippen LogP contribution is -1.92. The Balaban J connectivity index is 2.05. The van der Waals surface area contributed by atoms with Gasteiger partial charge in [0.15, 0.2) is 0 Å². The normalized spacial score (nSPS) is 11.3. The summed E-state index contributed by atoms with van der Waals surface area (Å²) >= 11 is 0. The molecule has 3 heteroatoms. The molecule has 0 bridgehead atoms. The second-order valence-electron chi connectivity index (χ2n) is 6.60. The van der Waals surface area contributed by atoms with E-state index in [-0.39, 0.29) is 0 Å². The molecule has 0 aliphatic rings. The predicted molar refractivity (Wildman–Crippen MR) is 112 cm³/mol. The van der Waals surface area contributed by atoms with Crippen molar-refractivity contribution < 1.29 is 9.47 Å². The van der Waals surface area contributed by atoms with Crippen molar-refractivity contribution in [3.05, 3.63) is 72.8 Å². The summed E-state index contributed by atoms with van der Waals surface area (Å²) in [4.78, 5) is 3.63. The zero-order chi connectivity index (χ0) is 18.4. The van der Waals surface area contributed by atoms with Crippen LogP contribution in [0, 0.1) is 0 Å². The van der Waals surface area contributed by atoms with Crippen LogP contribution in [-0.2, 0) is 0 Å². The number of hydrogen-bond acceptors (Lipinski definition) is 2. The number of methoxy groups -OCH3 is 2. The lowest BCUT2D eigenvalue weighted by Gasteiger charge is -2.14. The van der Waals surface area contributed by atoms with Crippen molar-refractivity contribution in [2.45, 2.75) is 0 Å². The quantitative estimate of drug-likeness (QED) is 0.421. The summed E-state index contributed by atoms with van der Waals surface area (Å²) in [7, 11) is 3.43. The maximum atomic E-state index is 5.68. The van der Waals surface area contributed by atoms with Crippen molar-refractivity contribution in [1.29, 1.82) is 0 Å². The molecule has 5 aromatic rings. The summed E-state index contributed by atoms with van der Waals surface area (Å²) < 4.78 is 11.4. The molecule has 1 aromatic heterocycles. The van der Waals surface area contributed by atoms with Gasteiger partial charge in [0.1, 0.15) is 11.5 Å². The highest BCUT2D eigenvalue weighted by molar-refractivity contribution is 6.21. The van der Waals surface area contributed by atoms with Crippen LogP contribution in [0.25, 0.3) is 43.7 Å². The van der Waals surface area contributed by atoms with Gasteiger partial charge in [-0.1, -0.05) is 48.5 Å². The molecule has 0 amide bonds. The van der Waals surface area contributed by atoms with E-state index in [0.29, 0.717) is 0 Å². The van der Waals surface area contributed by atoms with Gasteiger partial charge in [0.25, 0.3) is 0 Å². The van der Waals surface area contributed by atoms with Crippen LogP contribution >= 0.6 is 0 Å². The van der Waals surface area contributed by atoms with E-state index >= 15 is 0 Å². The molecule has 0 unspecified atom stereocenters. The first-order valence-electron chi connectivity index (χ1n) is 8.95. The van der Waals surface area contributed by atoms with Crippen molar-refractivity contribution >= 4 is 32.6 Å². The third-order valence-corrected chi connectivity index (χ3v) is 5.22. The molecule has 1 heterocycles. The van der Waals surface area contributed by atoms with E-state index in [1.165, 1.54) is 10.8 Å². The second-order valence-corrected chi connectivity index (χ2v) is 6.60. The van der Waals surface area contributed by atoms with Crippen molar-refractivity contribution in [3.63, 3.8) is 0 Å². The minimum Gasteiger partial charge on any atom is -0.496 e. The van der Waals surface area contributed by atoms with Gasteiger partial charge < -0.3 is 14.5 Å². The molecular formula is C24H19NO2. The standard InChI is InChI=1S/C24H19NO2/c1-26-21-12-6-4-9-17(21)23-16-10-7-13-22(27-2)18(16)14-19-15-8-3-5-11-20(15)25-24(19)23/h3-14,25H,1-2H3. The third-order valence-electron chi connectivity index (χ3n) is 5.22. The van der Waals surface area contributed by atoms with E-state index in [9.17, 15) is 0 Å². The SMILES string of the molecule is COc1ccccc1-c1c2cccc(OC)c2cc2c1[nH]c1ccccc12. The van der Waals surface area contributed by atoms with Crippen LogP contribution in [0.3, 0.4) is 0 Å². The van der Waals surface area contributed by atoms with Crippen molar-refractivity contribution in [2.75, 3.05) is 14.2 Å². The molecule has 0 radical (unpaired) electrons. The molecule has 5 rings (SSSR count). The first-order chi connectivity index (χ1) is 13.3. The van der Waals surface area contributed by atoms with Gasteiger partial charge in [-0.05, 0) is 29.7 Å². The smallest absolute Gasteiger partial charge is 0.126 e. The van der Waals surface area contributed by atoms with Crippen LogP contribution < -0.4 is 9.47 Å². The monoisotopic (exact) mass is 353 g/mol. The van der Waals surface area contributed by atoms with Crippen LogP contribution in [-0.4, -0.2) is 19.2 Å². The number of ether oxygens (including phenoxy) is 2. The van der Waals surface area contributed by atoms with Crippen molar-refractivity contribution in [2.24, 2.45) is 0 Å². The molecule has 0 saturated heterocycles. The van der Waals surface area contributed by atoms with E-state index in [4.69, 9.17) is 9.47 Å². The number of para-hydroxylation sites is 2. The number of aromatic nitrogens is 1. The van der Waals surface area contributed by atoms with Gasteiger partial charge in [0.05, 0.1) is 19.7 Å². The fraction of sp³-hybridized carbons (Fsp3) is 0.0833. The number of rotatable bonds is 3. The molecule has 3 nitrogen and oxygen atoms in total. The summed E-state index contributed by atoms with van der Waals surface area (Å²) in [6, 6.07) is 25.0. The average Bonchev–Trinajstić information content (AvgIpc) is 3.10. The Bertz CT molecular complexity index is 1300. The zero-order valence-corrected chi connectivity index (χ0v) is 15.2. The molecule has 1 N–H and O–H groups in total. The van der Waals surface area contributed by atoms with Gasteiger partial charge in [0.2, 0.25) is 0 Å². The summed E-state index contributed by atoms with van der Waals surface area (Å²) in [5, 5.41) is 4.62. The summed E-state index contributed by atoms with van der Waals surface area (Å²) in [5.74, 6) is 1.73. The van der Waals surface area contributed by atoms with Crippen LogP contribution in [0.15, 0.2) is 72.8 Å². The Morgan fingerprint density at radius 3 is 2.19 bits per heavy atom. The van der Waals surface area contributed by atoms with Crippen LogP contribution in [0.2, 0.25) is 0 Å². The van der Waals surface area contributed by atoms with Crippen molar-refractivity contribution in [3.8, 4) is 22.6 Å². The molecule has 0 saturated carbocycles. The van der Waals surface area contributed by atoms with E-state index in [2.05, 4.69) is 47.4 Å². The topological polar surface area (TPSA) is 34.2 Å². The second kappa shape index (κ2) is 6.06. The fourth-order valence-corrected chi connectivity index (χ4v) is 4.01. The van der Waals surface area contributed by atoms with E-state index in [1.807, 2.05) is 30.3 Å². The first kappa shape index (κ1) is 15.8. The first-order valence-corrected chi connectivity index (χ1v) is 8.95. The van der Waals surface area contributed by atoms with E-state index < -0.39 is 0 Å². The Labute approximate surface area is 157 Å². The Kier molecular flexibility index (Phi) is 3.54. The maximum absolute atomic E-state index is 5.68. The summed E-state index contributed by atoms with van der Waals surface area (Å²) in [6.45, 7) is 0. The number of aromatic amines is 1. The number of nitrogens with one attached hydrogen (secondary N) is 1. The van der Waals surface area contributed by atoms with E-state index in [0.717, 1.165) is 44.4 Å². The molecule has 0 fully saturated rings. The van der Waals surface area contributed by atoms with Gasteiger partial charge >= 0.3 is 0 Å². The Morgan fingerprint density at radius 1 is 0.630 bits per heavy atom. The highest BCUT2D eigenvalue weighted by Crippen LogP contribution is 2.44. The Hall–Kier alpha value is -3.46. The van der Waals surface area contributed by atoms with Crippen LogP contribution in [0.5, 0.6) is 11.5 Å². The molecule has 0 aliphatic heterocycles. The number of hydrogen-bond donors (Lipinski definition) is 1. The van der Waals surface area contributed by atoms with Crippen LogP contribution in [0.1, 0.15) is 0 Å². The molecule has 0 spiro atoms. The van der Waals surface area contributed by atoms with Gasteiger partial charge in [-0.3, -0.25) is 0 Å². The molecule has 0 aliphatic carbocycles. The summed E-state index contributed by atoms with van der Waals surface area (Å²) in [5.41, 5.74) is 4.44. The highest BCUT2D eigenvalue weighted by Gasteiger charge is 2.18. The highest BCUT2D eigenvalue weighted by atomic mass is 16.5. The number of benzene rings is 4. The molecule has 0 atom stereocenters. The average molecular weight is 353 g/mol. The fourth-order valence-electron chi connectivity index (χ4n) is 4.01. The lowest BCUT2D eigenvalue weighted by molar-refractivity contribution is 0.416. The number of fused-ring (bicyclic) bond motifs is 4. The molecule has 27 heavy (non-hydrogen) atoms. The number of H-pyrrole nitrogens is 1. The minimum absolute atomic E-state index is 0.854. The summed E-state index contributed by atoms with van der Waals surface area (Å²) in [6.07, 6.45) is 0. The molecule has 132 valence electrons. The van der Waals surface area contributed by atoms with Crippen LogP contribution in [0.4, 0.5) is 0 Å². The van der Waals surface area contributed by atoms with Gasteiger partial charge in [-0.25, -0.2) is 0 Å². The Morgan fingerprint density at radius 2 is 1.33 bits per heavy atom.